The van der Waals surface area contributed by atoms with Crippen LogP contribution in [0.15, 0.2) is 35.6 Å². The van der Waals surface area contributed by atoms with Crippen LogP contribution >= 0.6 is 12.2 Å². The second kappa shape index (κ2) is 5.06. The minimum atomic E-state index is -0.137. The third kappa shape index (κ3) is 2.40. The zero-order valence-electron chi connectivity index (χ0n) is 11.2. The maximum absolute atomic E-state index is 12.4. The first kappa shape index (κ1) is 13.4. The summed E-state index contributed by atoms with van der Waals surface area (Å²) < 4.78 is 3.08. The molecule has 0 unspecified atom stereocenters. The van der Waals surface area contributed by atoms with Crippen LogP contribution in [-0.4, -0.2) is 29.3 Å². The van der Waals surface area contributed by atoms with Gasteiger partial charge in [0.25, 0.3) is 5.56 Å². The first-order valence-electron chi connectivity index (χ1n) is 6.18. The summed E-state index contributed by atoms with van der Waals surface area (Å²) in [5, 5.41) is 4.53. The molecule has 0 bridgehead atoms. The lowest BCUT2D eigenvalue weighted by atomic mass is 10.2. The van der Waals surface area contributed by atoms with Gasteiger partial charge < -0.3 is 5.73 Å². The van der Waals surface area contributed by atoms with Crippen LogP contribution in [0.3, 0.4) is 0 Å². The minimum absolute atomic E-state index is 0.137. The summed E-state index contributed by atoms with van der Waals surface area (Å²) in [6.07, 6.45) is 4.65. The van der Waals surface area contributed by atoms with E-state index in [1.54, 1.807) is 24.0 Å². The number of aryl methyl sites for hydroxylation is 1. The molecular formula is C13H12N6OS. The van der Waals surface area contributed by atoms with Gasteiger partial charge in [0.2, 0.25) is 0 Å². The molecule has 3 aromatic rings. The monoisotopic (exact) mass is 300 g/mol. The van der Waals surface area contributed by atoms with Gasteiger partial charge in [-0.15, -0.1) is 0 Å². The van der Waals surface area contributed by atoms with Gasteiger partial charge >= 0.3 is 0 Å². The van der Waals surface area contributed by atoms with E-state index >= 15 is 0 Å². The summed E-state index contributed by atoms with van der Waals surface area (Å²) in [7, 11) is 1.75. The fourth-order valence-electron chi connectivity index (χ4n) is 2.08. The van der Waals surface area contributed by atoms with E-state index in [-0.39, 0.29) is 10.5 Å². The lowest BCUT2D eigenvalue weighted by Crippen LogP contribution is -2.21. The molecule has 0 aliphatic rings. The highest BCUT2D eigenvalue weighted by molar-refractivity contribution is 7.80. The predicted molar refractivity (Wildman–Crippen MR) is 82.0 cm³/mol. The Bertz CT molecular complexity index is 897. The number of pyridine rings is 1. The SMILES string of the molecule is Cn1ncc2c(=O)n(Cc3ccnc(C(N)=S)c3)cnc21. The molecule has 0 saturated carbocycles. The molecule has 3 rings (SSSR count). The Labute approximate surface area is 125 Å². The number of thiocarbonyl (C=S) groups is 1. The van der Waals surface area contributed by atoms with E-state index in [0.29, 0.717) is 23.3 Å². The lowest BCUT2D eigenvalue weighted by molar-refractivity contribution is 0.736. The van der Waals surface area contributed by atoms with Gasteiger partial charge in [0.1, 0.15) is 16.7 Å². The average Bonchev–Trinajstić information content (AvgIpc) is 2.84. The molecule has 106 valence electrons. The third-order valence-electron chi connectivity index (χ3n) is 3.15. The van der Waals surface area contributed by atoms with Crippen molar-refractivity contribution in [1.29, 1.82) is 0 Å². The quantitative estimate of drug-likeness (QED) is 0.695. The molecule has 21 heavy (non-hydrogen) atoms. The van der Waals surface area contributed by atoms with Gasteiger partial charge in [0.15, 0.2) is 5.65 Å². The summed E-state index contributed by atoms with van der Waals surface area (Å²) >= 11 is 4.90. The van der Waals surface area contributed by atoms with Crippen LogP contribution in [0.5, 0.6) is 0 Å². The second-order valence-electron chi connectivity index (χ2n) is 4.60. The Morgan fingerprint density at radius 2 is 2.24 bits per heavy atom. The van der Waals surface area contributed by atoms with Crippen LogP contribution in [0.25, 0.3) is 11.0 Å². The summed E-state index contributed by atoms with van der Waals surface area (Å²) in [4.78, 5) is 20.9. The lowest BCUT2D eigenvalue weighted by Gasteiger charge is -2.06. The topological polar surface area (TPSA) is 91.6 Å². The number of rotatable bonds is 3. The van der Waals surface area contributed by atoms with E-state index in [0.717, 1.165) is 5.56 Å². The molecule has 0 atom stereocenters. The summed E-state index contributed by atoms with van der Waals surface area (Å²) in [6, 6.07) is 3.57. The molecule has 0 saturated heterocycles. The molecule has 0 amide bonds. The molecule has 3 heterocycles. The van der Waals surface area contributed by atoms with Crippen molar-refractivity contribution in [2.75, 3.05) is 0 Å². The van der Waals surface area contributed by atoms with E-state index in [1.807, 2.05) is 6.07 Å². The minimum Gasteiger partial charge on any atom is -0.388 e. The summed E-state index contributed by atoms with van der Waals surface area (Å²) in [5.74, 6) is 0. The standard InChI is InChI=1S/C13H12N6OS/c1-18-12-9(5-17-18)13(20)19(7-16-12)6-8-2-3-15-10(4-8)11(14)21/h2-5,7H,6H2,1H3,(H2,14,21). The van der Waals surface area contributed by atoms with E-state index in [9.17, 15) is 4.79 Å². The number of hydrogen-bond acceptors (Lipinski definition) is 5. The third-order valence-corrected chi connectivity index (χ3v) is 3.36. The van der Waals surface area contributed by atoms with Gasteiger partial charge in [0, 0.05) is 13.2 Å². The molecular weight excluding hydrogens is 288 g/mol. The van der Waals surface area contributed by atoms with Gasteiger partial charge in [-0.1, -0.05) is 12.2 Å². The van der Waals surface area contributed by atoms with E-state index in [1.165, 1.54) is 17.1 Å². The molecule has 3 aromatic heterocycles. The van der Waals surface area contributed by atoms with Gasteiger partial charge in [-0.25, -0.2) is 4.98 Å². The van der Waals surface area contributed by atoms with Crippen LogP contribution in [-0.2, 0) is 13.6 Å². The van der Waals surface area contributed by atoms with E-state index in [4.69, 9.17) is 18.0 Å². The van der Waals surface area contributed by atoms with E-state index < -0.39 is 0 Å². The molecule has 0 aliphatic carbocycles. The van der Waals surface area contributed by atoms with Crippen molar-refractivity contribution in [2.24, 2.45) is 12.8 Å². The fourth-order valence-corrected chi connectivity index (χ4v) is 2.19. The zero-order chi connectivity index (χ0) is 15.0. The van der Waals surface area contributed by atoms with Crippen molar-refractivity contribution >= 4 is 28.2 Å². The number of aromatic nitrogens is 5. The number of hydrogen-bond donors (Lipinski definition) is 1. The molecule has 0 spiro atoms. The Morgan fingerprint density at radius 1 is 1.43 bits per heavy atom. The first-order valence-corrected chi connectivity index (χ1v) is 6.59. The molecule has 0 fully saturated rings. The molecule has 7 nitrogen and oxygen atoms in total. The van der Waals surface area contributed by atoms with E-state index in [2.05, 4.69) is 15.1 Å². The molecule has 0 aromatic carbocycles. The normalized spacial score (nSPS) is 10.9. The van der Waals surface area contributed by atoms with Crippen molar-refractivity contribution in [3.63, 3.8) is 0 Å². The zero-order valence-corrected chi connectivity index (χ0v) is 12.0. The Hall–Kier alpha value is -2.61. The molecule has 0 aliphatic heterocycles. The summed E-state index contributed by atoms with van der Waals surface area (Å²) in [5.41, 5.74) is 7.40. The van der Waals surface area contributed by atoms with Gasteiger partial charge in [-0.2, -0.15) is 5.10 Å². The fraction of sp³-hybridized carbons (Fsp3) is 0.154. The number of nitrogens with two attached hydrogens (primary N) is 1. The van der Waals surface area contributed by atoms with Crippen molar-refractivity contribution in [3.8, 4) is 0 Å². The van der Waals surface area contributed by atoms with Gasteiger partial charge in [-0.05, 0) is 17.7 Å². The highest BCUT2D eigenvalue weighted by atomic mass is 32.1. The molecule has 0 radical (unpaired) electrons. The largest absolute Gasteiger partial charge is 0.388 e. The molecule has 8 heteroatoms. The molecule has 2 N–H and O–H groups in total. The maximum Gasteiger partial charge on any atom is 0.264 e. The highest BCUT2D eigenvalue weighted by Gasteiger charge is 2.09. The number of fused-ring (bicyclic) bond motifs is 1. The summed E-state index contributed by atoms with van der Waals surface area (Å²) in [6.45, 7) is 0.370. The van der Waals surface area contributed by atoms with Crippen molar-refractivity contribution in [1.82, 2.24) is 24.3 Å². The van der Waals surface area contributed by atoms with Crippen LogP contribution in [0, 0.1) is 0 Å². The Morgan fingerprint density at radius 3 is 3.00 bits per heavy atom. The van der Waals surface area contributed by atoms with Crippen LogP contribution in [0.2, 0.25) is 0 Å². The average molecular weight is 300 g/mol. The Balaban J connectivity index is 2.02. The van der Waals surface area contributed by atoms with Crippen molar-refractivity contribution in [2.45, 2.75) is 6.54 Å². The van der Waals surface area contributed by atoms with Crippen LogP contribution in [0.4, 0.5) is 0 Å². The van der Waals surface area contributed by atoms with Crippen LogP contribution in [0.1, 0.15) is 11.3 Å². The van der Waals surface area contributed by atoms with Crippen molar-refractivity contribution < 1.29 is 0 Å². The highest BCUT2D eigenvalue weighted by Crippen LogP contribution is 2.06. The predicted octanol–water partition coefficient (Wildman–Crippen LogP) is 0.207. The van der Waals surface area contributed by atoms with Gasteiger partial charge in [0.05, 0.1) is 18.4 Å². The first-order chi connectivity index (χ1) is 10.1. The second-order valence-corrected chi connectivity index (χ2v) is 5.04. The Kier molecular flexibility index (Phi) is 3.22. The smallest absolute Gasteiger partial charge is 0.264 e. The maximum atomic E-state index is 12.4. The number of nitrogens with zero attached hydrogens (tertiary/aromatic N) is 5. The van der Waals surface area contributed by atoms with Gasteiger partial charge in [-0.3, -0.25) is 19.0 Å². The van der Waals surface area contributed by atoms with Crippen LogP contribution < -0.4 is 11.3 Å². The van der Waals surface area contributed by atoms with Crippen molar-refractivity contribution in [3.05, 3.63) is 52.5 Å².